The third-order valence-corrected chi connectivity index (χ3v) is 3.02. The van der Waals surface area contributed by atoms with Crippen LogP contribution < -0.4 is 5.32 Å². The van der Waals surface area contributed by atoms with E-state index in [4.69, 9.17) is 4.42 Å². The molecule has 1 N–H and O–H groups in total. The topological polar surface area (TPSA) is 81.2 Å². The maximum absolute atomic E-state index is 10.6. The number of rotatable bonds is 3. The van der Waals surface area contributed by atoms with Gasteiger partial charge >= 0.3 is 0 Å². The van der Waals surface area contributed by atoms with Crippen LogP contribution in [0.1, 0.15) is 19.3 Å². The van der Waals surface area contributed by atoms with E-state index in [0.29, 0.717) is 23.2 Å². The number of aromatic nitrogens is 1. The van der Waals surface area contributed by atoms with Gasteiger partial charge in [0.25, 0.3) is 11.7 Å². The number of nitro benzene ring substituents is 1. The van der Waals surface area contributed by atoms with Crippen LogP contribution in [0.2, 0.25) is 0 Å². The predicted molar refractivity (Wildman–Crippen MR) is 61.9 cm³/mol. The molecule has 1 aromatic carbocycles. The molecule has 0 spiro atoms. The summed E-state index contributed by atoms with van der Waals surface area (Å²) >= 11 is 0. The average Bonchev–Trinajstić information content (AvgIpc) is 2.64. The Balaban J connectivity index is 1.91. The Morgan fingerprint density at radius 2 is 2.29 bits per heavy atom. The molecule has 17 heavy (non-hydrogen) atoms. The number of nitrogens with one attached hydrogen (secondary N) is 1. The van der Waals surface area contributed by atoms with Gasteiger partial charge in [0.05, 0.1) is 11.0 Å². The van der Waals surface area contributed by atoms with Gasteiger partial charge in [-0.25, -0.2) is 0 Å². The van der Waals surface area contributed by atoms with Gasteiger partial charge in [0.2, 0.25) is 0 Å². The van der Waals surface area contributed by atoms with E-state index >= 15 is 0 Å². The van der Waals surface area contributed by atoms with Crippen molar-refractivity contribution in [1.29, 1.82) is 0 Å². The molecule has 1 aromatic heterocycles. The first-order chi connectivity index (χ1) is 8.22. The smallest absolute Gasteiger partial charge is 0.295 e. The van der Waals surface area contributed by atoms with Crippen molar-refractivity contribution in [2.24, 2.45) is 0 Å². The Labute approximate surface area is 96.8 Å². The fraction of sp³-hybridized carbons (Fsp3) is 0.364. The number of hydrogen-bond acceptors (Lipinski definition) is 5. The lowest BCUT2D eigenvalue weighted by Gasteiger charge is -2.25. The van der Waals surface area contributed by atoms with Crippen LogP contribution in [0.5, 0.6) is 0 Å². The summed E-state index contributed by atoms with van der Waals surface area (Å²) < 4.78 is 5.44. The highest BCUT2D eigenvalue weighted by atomic mass is 16.6. The highest BCUT2D eigenvalue weighted by Gasteiger charge is 2.19. The minimum atomic E-state index is -0.443. The van der Waals surface area contributed by atoms with E-state index in [0.717, 1.165) is 12.8 Å². The first-order valence-electron chi connectivity index (χ1n) is 5.54. The molecule has 0 saturated heterocycles. The van der Waals surface area contributed by atoms with Gasteiger partial charge in [-0.15, -0.1) is 0 Å². The van der Waals surface area contributed by atoms with Crippen molar-refractivity contribution in [3.05, 3.63) is 28.3 Å². The standard InChI is InChI=1S/C11H11N3O3/c15-14(16)8-4-5-9-10(6-8)17-11(13-9)12-7-2-1-3-7/h4-7H,1-3H2,(H,12,13). The average molecular weight is 233 g/mol. The fourth-order valence-corrected chi connectivity index (χ4v) is 1.82. The molecule has 1 fully saturated rings. The van der Waals surface area contributed by atoms with Gasteiger partial charge in [-0.05, 0) is 25.3 Å². The number of anilines is 1. The Kier molecular flexibility index (Phi) is 2.21. The molecule has 1 aliphatic rings. The summed E-state index contributed by atoms with van der Waals surface area (Å²) in [6.45, 7) is 0. The van der Waals surface area contributed by atoms with E-state index in [2.05, 4.69) is 10.3 Å². The first-order valence-corrected chi connectivity index (χ1v) is 5.54. The monoisotopic (exact) mass is 233 g/mol. The quantitative estimate of drug-likeness (QED) is 0.651. The molecule has 0 unspecified atom stereocenters. The second kappa shape index (κ2) is 3.73. The van der Waals surface area contributed by atoms with Crippen molar-refractivity contribution in [3.63, 3.8) is 0 Å². The van der Waals surface area contributed by atoms with Crippen LogP contribution in [0.4, 0.5) is 11.7 Å². The number of oxazole rings is 1. The molecule has 0 atom stereocenters. The molecule has 0 aliphatic heterocycles. The van der Waals surface area contributed by atoms with E-state index in [9.17, 15) is 10.1 Å². The third kappa shape index (κ3) is 1.82. The van der Waals surface area contributed by atoms with Gasteiger partial charge in [0, 0.05) is 12.1 Å². The molecule has 3 rings (SSSR count). The van der Waals surface area contributed by atoms with Crippen molar-refractivity contribution < 1.29 is 9.34 Å². The molecule has 1 aliphatic carbocycles. The lowest BCUT2D eigenvalue weighted by Crippen LogP contribution is -2.26. The Hall–Kier alpha value is -2.11. The molecule has 6 nitrogen and oxygen atoms in total. The van der Waals surface area contributed by atoms with Crippen molar-refractivity contribution in [2.75, 3.05) is 5.32 Å². The van der Waals surface area contributed by atoms with E-state index in [1.54, 1.807) is 6.07 Å². The summed E-state index contributed by atoms with van der Waals surface area (Å²) in [5, 5.41) is 13.8. The first kappa shape index (κ1) is 10.1. The summed E-state index contributed by atoms with van der Waals surface area (Å²) in [5.74, 6) is 0. The molecule has 0 amide bonds. The minimum absolute atomic E-state index is 0.0174. The summed E-state index contributed by atoms with van der Waals surface area (Å²) in [4.78, 5) is 14.4. The zero-order chi connectivity index (χ0) is 11.8. The zero-order valence-corrected chi connectivity index (χ0v) is 9.05. The third-order valence-electron chi connectivity index (χ3n) is 3.02. The lowest BCUT2D eigenvalue weighted by molar-refractivity contribution is -0.384. The minimum Gasteiger partial charge on any atom is -0.423 e. The molecule has 88 valence electrons. The van der Waals surface area contributed by atoms with Crippen molar-refractivity contribution in [1.82, 2.24) is 4.98 Å². The van der Waals surface area contributed by atoms with Crippen molar-refractivity contribution in [2.45, 2.75) is 25.3 Å². The molecule has 0 bridgehead atoms. The predicted octanol–water partition coefficient (Wildman–Crippen LogP) is 2.70. The van der Waals surface area contributed by atoms with Crippen LogP contribution in [0, 0.1) is 10.1 Å². The summed E-state index contributed by atoms with van der Waals surface area (Å²) in [6.07, 6.45) is 3.47. The fourth-order valence-electron chi connectivity index (χ4n) is 1.82. The number of non-ortho nitro benzene ring substituents is 1. The van der Waals surface area contributed by atoms with Crippen LogP contribution in [-0.4, -0.2) is 15.9 Å². The summed E-state index contributed by atoms with van der Waals surface area (Å²) in [7, 11) is 0. The summed E-state index contributed by atoms with van der Waals surface area (Å²) in [6, 6.07) is 5.30. The number of hydrogen-bond donors (Lipinski definition) is 1. The molecule has 0 radical (unpaired) electrons. The number of nitrogens with zero attached hydrogens (tertiary/aromatic N) is 2. The molecule has 6 heteroatoms. The van der Waals surface area contributed by atoms with Crippen LogP contribution >= 0.6 is 0 Å². The normalized spacial score (nSPS) is 15.8. The van der Waals surface area contributed by atoms with Crippen LogP contribution in [0.3, 0.4) is 0 Å². The van der Waals surface area contributed by atoms with Gasteiger partial charge < -0.3 is 9.73 Å². The molecular formula is C11H11N3O3. The Morgan fingerprint density at radius 1 is 1.47 bits per heavy atom. The Bertz CT molecular complexity index is 574. The molecule has 2 aromatic rings. The number of benzene rings is 1. The number of fused-ring (bicyclic) bond motifs is 1. The highest BCUT2D eigenvalue weighted by Crippen LogP contribution is 2.27. The lowest BCUT2D eigenvalue weighted by atomic mass is 9.93. The van der Waals surface area contributed by atoms with E-state index in [1.807, 2.05) is 0 Å². The van der Waals surface area contributed by atoms with Crippen LogP contribution in [0.15, 0.2) is 22.6 Å². The molecular weight excluding hydrogens is 222 g/mol. The van der Waals surface area contributed by atoms with E-state index in [1.165, 1.54) is 18.6 Å². The highest BCUT2D eigenvalue weighted by molar-refractivity contribution is 5.77. The van der Waals surface area contributed by atoms with Gasteiger partial charge in [0.15, 0.2) is 5.58 Å². The SMILES string of the molecule is O=[N+]([O-])c1ccc2nc(NC3CCC3)oc2c1. The van der Waals surface area contributed by atoms with Gasteiger partial charge in [0.1, 0.15) is 5.52 Å². The Morgan fingerprint density at radius 3 is 2.94 bits per heavy atom. The zero-order valence-electron chi connectivity index (χ0n) is 9.05. The largest absolute Gasteiger partial charge is 0.423 e. The van der Waals surface area contributed by atoms with Crippen LogP contribution in [0.25, 0.3) is 11.1 Å². The summed E-state index contributed by atoms with van der Waals surface area (Å²) in [5.41, 5.74) is 1.10. The maximum atomic E-state index is 10.6. The second-order valence-corrected chi connectivity index (χ2v) is 4.20. The second-order valence-electron chi connectivity index (χ2n) is 4.20. The van der Waals surface area contributed by atoms with Crippen LogP contribution in [-0.2, 0) is 0 Å². The van der Waals surface area contributed by atoms with Gasteiger partial charge in [-0.2, -0.15) is 4.98 Å². The molecule has 1 heterocycles. The van der Waals surface area contributed by atoms with E-state index in [-0.39, 0.29) is 5.69 Å². The van der Waals surface area contributed by atoms with Gasteiger partial charge in [-0.3, -0.25) is 10.1 Å². The van der Waals surface area contributed by atoms with E-state index < -0.39 is 4.92 Å². The maximum Gasteiger partial charge on any atom is 0.295 e. The molecule has 1 saturated carbocycles. The van der Waals surface area contributed by atoms with Crippen molar-refractivity contribution in [3.8, 4) is 0 Å². The number of nitro groups is 1. The van der Waals surface area contributed by atoms with Crippen molar-refractivity contribution >= 4 is 22.8 Å². The van der Waals surface area contributed by atoms with Gasteiger partial charge in [-0.1, -0.05) is 0 Å².